The van der Waals surface area contributed by atoms with Crippen LogP contribution in [0.4, 0.5) is 0 Å². The van der Waals surface area contributed by atoms with Gasteiger partial charge in [-0.05, 0) is 38.2 Å². The number of benzene rings is 1. The Morgan fingerprint density at radius 3 is 3.06 bits per heavy atom. The predicted molar refractivity (Wildman–Crippen MR) is 72.8 cm³/mol. The van der Waals surface area contributed by atoms with Crippen molar-refractivity contribution in [3.8, 4) is 5.75 Å². The molecule has 0 amide bonds. The van der Waals surface area contributed by atoms with Gasteiger partial charge in [-0.2, -0.15) is 0 Å². The molecule has 1 aromatic carbocycles. The molecule has 3 nitrogen and oxygen atoms in total. The lowest BCUT2D eigenvalue weighted by atomic mass is 10.1. The average molecular weight is 249 g/mol. The molecule has 0 saturated carbocycles. The Kier molecular flexibility index (Phi) is 5.02. The molecule has 0 radical (unpaired) electrons. The van der Waals surface area contributed by atoms with E-state index in [0.29, 0.717) is 12.6 Å². The molecule has 1 unspecified atom stereocenters. The summed E-state index contributed by atoms with van der Waals surface area (Å²) in [5.74, 6) is 0.965. The standard InChI is InChI=1S/C15H23NO2/c1-12-5-2-6-13(11-16)15(12)18-10-4-8-14-7-3-9-17-14/h2,5-6,14H,3-4,7-11,16H2,1H3. The normalized spacial score (nSPS) is 19.1. The first-order valence-electron chi connectivity index (χ1n) is 6.84. The summed E-state index contributed by atoms with van der Waals surface area (Å²) in [6.45, 7) is 4.27. The first kappa shape index (κ1) is 13.4. The maximum absolute atomic E-state index is 5.88. The van der Waals surface area contributed by atoms with E-state index in [1.54, 1.807) is 0 Å². The molecule has 1 atom stereocenters. The first-order chi connectivity index (χ1) is 8.81. The van der Waals surface area contributed by atoms with E-state index in [1.807, 2.05) is 12.1 Å². The van der Waals surface area contributed by atoms with Gasteiger partial charge in [-0.1, -0.05) is 18.2 Å². The Bertz CT molecular complexity index is 373. The van der Waals surface area contributed by atoms with E-state index in [9.17, 15) is 0 Å². The third-order valence-corrected chi connectivity index (χ3v) is 3.45. The minimum absolute atomic E-state index is 0.458. The zero-order valence-electron chi connectivity index (χ0n) is 11.2. The number of para-hydroxylation sites is 1. The van der Waals surface area contributed by atoms with Gasteiger partial charge in [0.15, 0.2) is 0 Å². The van der Waals surface area contributed by atoms with Gasteiger partial charge >= 0.3 is 0 Å². The molecule has 0 aliphatic carbocycles. The second-order valence-electron chi connectivity index (χ2n) is 4.89. The molecule has 1 aromatic rings. The van der Waals surface area contributed by atoms with Crippen molar-refractivity contribution in [2.24, 2.45) is 5.73 Å². The van der Waals surface area contributed by atoms with E-state index in [4.69, 9.17) is 15.2 Å². The molecule has 3 heteroatoms. The Morgan fingerprint density at radius 1 is 1.44 bits per heavy atom. The van der Waals surface area contributed by atoms with Crippen LogP contribution in [0.15, 0.2) is 18.2 Å². The number of rotatable bonds is 6. The fraction of sp³-hybridized carbons (Fsp3) is 0.600. The molecule has 1 saturated heterocycles. The number of ether oxygens (including phenoxy) is 2. The molecule has 2 N–H and O–H groups in total. The predicted octanol–water partition coefficient (Wildman–Crippen LogP) is 2.79. The van der Waals surface area contributed by atoms with Gasteiger partial charge in [-0.15, -0.1) is 0 Å². The number of aryl methyl sites for hydroxylation is 1. The van der Waals surface area contributed by atoms with E-state index < -0.39 is 0 Å². The highest BCUT2D eigenvalue weighted by atomic mass is 16.5. The van der Waals surface area contributed by atoms with E-state index in [2.05, 4.69) is 13.0 Å². The van der Waals surface area contributed by atoms with Crippen molar-refractivity contribution in [1.82, 2.24) is 0 Å². The molecular formula is C15H23NO2. The van der Waals surface area contributed by atoms with Gasteiger partial charge in [-0.3, -0.25) is 0 Å². The van der Waals surface area contributed by atoms with Crippen molar-refractivity contribution in [3.63, 3.8) is 0 Å². The third-order valence-electron chi connectivity index (χ3n) is 3.45. The highest BCUT2D eigenvalue weighted by molar-refractivity contribution is 5.40. The second kappa shape index (κ2) is 6.76. The highest BCUT2D eigenvalue weighted by Crippen LogP contribution is 2.23. The molecule has 0 bridgehead atoms. The van der Waals surface area contributed by atoms with Crippen molar-refractivity contribution < 1.29 is 9.47 Å². The summed E-state index contributed by atoms with van der Waals surface area (Å²) in [6, 6.07) is 6.12. The van der Waals surface area contributed by atoms with Gasteiger partial charge in [-0.25, -0.2) is 0 Å². The van der Waals surface area contributed by atoms with Crippen molar-refractivity contribution in [1.29, 1.82) is 0 Å². The summed E-state index contributed by atoms with van der Waals surface area (Å²) in [5.41, 5.74) is 7.98. The quantitative estimate of drug-likeness (QED) is 0.788. The van der Waals surface area contributed by atoms with Crippen LogP contribution in [0.25, 0.3) is 0 Å². The van der Waals surface area contributed by atoms with Crippen LogP contribution in [0.3, 0.4) is 0 Å². The molecule has 1 heterocycles. The third kappa shape index (κ3) is 3.47. The zero-order chi connectivity index (χ0) is 12.8. The summed E-state index contributed by atoms with van der Waals surface area (Å²) >= 11 is 0. The smallest absolute Gasteiger partial charge is 0.126 e. The molecule has 1 aliphatic rings. The van der Waals surface area contributed by atoms with Crippen LogP contribution >= 0.6 is 0 Å². The van der Waals surface area contributed by atoms with Gasteiger partial charge in [0.05, 0.1) is 12.7 Å². The van der Waals surface area contributed by atoms with E-state index in [-0.39, 0.29) is 0 Å². The SMILES string of the molecule is Cc1cccc(CN)c1OCCCC1CCCO1. The first-order valence-corrected chi connectivity index (χ1v) is 6.84. The average Bonchev–Trinajstić information content (AvgIpc) is 2.89. The van der Waals surface area contributed by atoms with E-state index in [0.717, 1.165) is 42.9 Å². The summed E-state index contributed by atoms with van der Waals surface area (Å²) in [7, 11) is 0. The van der Waals surface area contributed by atoms with Crippen molar-refractivity contribution in [3.05, 3.63) is 29.3 Å². The Labute approximate surface area is 109 Å². The Hall–Kier alpha value is -1.06. The largest absolute Gasteiger partial charge is 0.493 e. The van der Waals surface area contributed by atoms with Gasteiger partial charge in [0.25, 0.3) is 0 Å². The Morgan fingerprint density at radius 2 is 2.33 bits per heavy atom. The summed E-state index contributed by atoms with van der Waals surface area (Å²) in [4.78, 5) is 0. The minimum Gasteiger partial charge on any atom is -0.493 e. The van der Waals surface area contributed by atoms with Gasteiger partial charge in [0, 0.05) is 18.7 Å². The topological polar surface area (TPSA) is 44.5 Å². The summed E-state index contributed by atoms with van der Waals surface area (Å²) < 4.78 is 11.5. The minimum atomic E-state index is 0.458. The molecule has 1 fully saturated rings. The molecular weight excluding hydrogens is 226 g/mol. The van der Waals surface area contributed by atoms with Crippen LogP contribution < -0.4 is 10.5 Å². The van der Waals surface area contributed by atoms with Gasteiger partial charge < -0.3 is 15.2 Å². The van der Waals surface area contributed by atoms with Gasteiger partial charge in [0.2, 0.25) is 0 Å². The van der Waals surface area contributed by atoms with Gasteiger partial charge in [0.1, 0.15) is 5.75 Å². The van der Waals surface area contributed by atoms with Crippen LogP contribution in [0, 0.1) is 6.92 Å². The molecule has 18 heavy (non-hydrogen) atoms. The summed E-state index contributed by atoms with van der Waals surface area (Å²) in [5, 5.41) is 0. The fourth-order valence-corrected chi connectivity index (χ4v) is 2.44. The van der Waals surface area contributed by atoms with Crippen LogP contribution in [0.1, 0.15) is 36.8 Å². The second-order valence-corrected chi connectivity index (χ2v) is 4.89. The monoisotopic (exact) mass is 249 g/mol. The van der Waals surface area contributed by atoms with Crippen molar-refractivity contribution in [2.45, 2.75) is 45.3 Å². The van der Waals surface area contributed by atoms with E-state index >= 15 is 0 Å². The number of nitrogens with two attached hydrogens (primary N) is 1. The van der Waals surface area contributed by atoms with Crippen LogP contribution in [0.2, 0.25) is 0 Å². The summed E-state index contributed by atoms with van der Waals surface area (Å²) in [6.07, 6.45) is 5.02. The molecule has 1 aliphatic heterocycles. The number of hydrogen-bond donors (Lipinski definition) is 1. The lowest BCUT2D eigenvalue weighted by Gasteiger charge is -2.14. The van der Waals surface area contributed by atoms with Crippen LogP contribution in [-0.4, -0.2) is 19.3 Å². The maximum Gasteiger partial charge on any atom is 0.126 e. The maximum atomic E-state index is 5.88. The lowest BCUT2D eigenvalue weighted by molar-refractivity contribution is 0.0980. The fourth-order valence-electron chi connectivity index (χ4n) is 2.44. The van der Waals surface area contributed by atoms with Crippen molar-refractivity contribution >= 4 is 0 Å². The zero-order valence-corrected chi connectivity index (χ0v) is 11.2. The molecule has 0 aromatic heterocycles. The van der Waals surface area contributed by atoms with Crippen molar-refractivity contribution in [2.75, 3.05) is 13.2 Å². The van der Waals surface area contributed by atoms with Crippen LogP contribution in [0.5, 0.6) is 5.75 Å². The Balaban J connectivity index is 1.78. The highest BCUT2D eigenvalue weighted by Gasteiger charge is 2.14. The molecule has 100 valence electrons. The van der Waals surface area contributed by atoms with Crippen LogP contribution in [-0.2, 0) is 11.3 Å². The number of hydrogen-bond acceptors (Lipinski definition) is 3. The molecule has 2 rings (SSSR count). The van der Waals surface area contributed by atoms with E-state index in [1.165, 1.54) is 12.8 Å². The molecule has 0 spiro atoms. The lowest BCUT2D eigenvalue weighted by Crippen LogP contribution is -2.09.